The molecule has 1 unspecified atom stereocenters. The minimum absolute atomic E-state index is 0.221. The van der Waals surface area contributed by atoms with E-state index in [9.17, 15) is 0 Å². The number of benzene rings is 1. The molecule has 1 aliphatic heterocycles. The van der Waals surface area contributed by atoms with Gasteiger partial charge in [0.25, 0.3) is 0 Å². The van der Waals surface area contributed by atoms with Gasteiger partial charge in [0.05, 0.1) is 11.6 Å². The quantitative estimate of drug-likeness (QED) is 0.778. The Hall–Kier alpha value is -1.09. The lowest BCUT2D eigenvalue weighted by Gasteiger charge is -2.33. The van der Waals surface area contributed by atoms with Crippen molar-refractivity contribution in [1.29, 1.82) is 5.26 Å². The van der Waals surface area contributed by atoms with Crippen LogP contribution < -0.4 is 4.74 Å². The third-order valence-electron chi connectivity index (χ3n) is 2.92. The van der Waals surface area contributed by atoms with Gasteiger partial charge in [-0.2, -0.15) is 5.26 Å². The van der Waals surface area contributed by atoms with E-state index in [0.29, 0.717) is 11.3 Å². The smallest absolute Gasteiger partial charge is 0.207 e. The van der Waals surface area contributed by atoms with Gasteiger partial charge in [-0.15, -0.1) is 0 Å². The van der Waals surface area contributed by atoms with E-state index < -0.39 is 5.79 Å². The van der Waals surface area contributed by atoms with Gasteiger partial charge >= 0.3 is 0 Å². The highest BCUT2D eigenvalue weighted by molar-refractivity contribution is 9.10. The summed E-state index contributed by atoms with van der Waals surface area (Å²) in [6.07, 6.45) is 2.85. The molecule has 5 heteroatoms. The zero-order valence-corrected chi connectivity index (χ0v) is 13.3. The van der Waals surface area contributed by atoms with Crippen LogP contribution in [0.15, 0.2) is 22.7 Å². The molecular formula is C15H18BrNO3. The zero-order valence-electron chi connectivity index (χ0n) is 11.7. The van der Waals surface area contributed by atoms with Gasteiger partial charge in [-0.1, -0.05) is 15.9 Å². The molecule has 0 spiro atoms. The molecule has 1 aromatic carbocycles. The molecule has 0 radical (unpaired) electrons. The van der Waals surface area contributed by atoms with Crippen molar-refractivity contribution in [1.82, 2.24) is 0 Å². The maximum atomic E-state index is 8.97. The van der Waals surface area contributed by atoms with Crippen LogP contribution >= 0.6 is 15.9 Å². The van der Waals surface area contributed by atoms with Crippen molar-refractivity contribution in [3.63, 3.8) is 0 Å². The van der Waals surface area contributed by atoms with E-state index in [4.69, 9.17) is 19.5 Å². The summed E-state index contributed by atoms with van der Waals surface area (Å²) in [5, 5.41) is 8.97. The normalized spacial score (nSPS) is 19.4. The van der Waals surface area contributed by atoms with E-state index in [-0.39, 0.29) is 6.29 Å². The molecule has 2 rings (SSSR count). The first-order valence-electron chi connectivity index (χ1n) is 6.68. The minimum Gasteiger partial charge on any atom is -0.463 e. The fourth-order valence-electron chi connectivity index (χ4n) is 2.11. The fourth-order valence-corrected chi connectivity index (χ4v) is 2.59. The van der Waals surface area contributed by atoms with Gasteiger partial charge in [0.1, 0.15) is 5.75 Å². The van der Waals surface area contributed by atoms with Crippen LogP contribution in [0, 0.1) is 11.3 Å². The lowest BCUT2D eigenvalue weighted by atomic mass is 10.2. The van der Waals surface area contributed by atoms with Crippen LogP contribution in [0.1, 0.15) is 38.7 Å². The van der Waals surface area contributed by atoms with E-state index in [2.05, 4.69) is 22.0 Å². The summed E-state index contributed by atoms with van der Waals surface area (Å²) in [7, 11) is 0. The van der Waals surface area contributed by atoms with Crippen molar-refractivity contribution >= 4 is 15.9 Å². The molecule has 0 aliphatic carbocycles. The summed E-state index contributed by atoms with van der Waals surface area (Å²) in [6.45, 7) is 4.42. The van der Waals surface area contributed by atoms with Crippen LogP contribution in [0.25, 0.3) is 0 Å². The molecule has 4 nitrogen and oxygen atoms in total. The van der Waals surface area contributed by atoms with Crippen LogP contribution in [-0.2, 0) is 9.47 Å². The van der Waals surface area contributed by atoms with Crippen molar-refractivity contribution < 1.29 is 14.2 Å². The first kappa shape index (κ1) is 15.3. The largest absolute Gasteiger partial charge is 0.463 e. The summed E-state index contributed by atoms with van der Waals surface area (Å²) < 4.78 is 18.1. The number of hydrogen-bond donors (Lipinski definition) is 0. The second-order valence-electron chi connectivity index (χ2n) is 5.20. The summed E-state index contributed by atoms with van der Waals surface area (Å²) in [6, 6.07) is 7.35. The summed E-state index contributed by atoms with van der Waals surface area (Å²) in [5.41, 5.74) is 0.541. The molecule has 108 valence electrons. The molecule has 0 N–H and O–H groups in total. The Labute approximate surface area is 127 Å². The van der Waals surface area contributed by atoms with Gasteiger partial charge in [0, 0.05) is 24.9 Å². The topological polar surface area (TPSA) is 51.5 Å². The molecular weight excluding hydrogens is 322 g/mol. The molecule has 20 heavy (non-hydrogen) atoms. The van der Waals surface area contributed by atoms with Crippen molar-refractivity contribution in [2.75, 3.05) is 6.61 Å². The molecule has 1 fully saturated rings. The highest BCUT2D eigenvalue weighted by Crippen LogP contribution is 2.27. The molecule has 1 saturated heterocycles. The minimum atomic E-state index is -0.810. The molecule has 0 aromatic heterocycles. The molecule has 0 bridgehead atoms. The predicted octanol–water partition coefficient (Wildman–Crippen LogP) is 3.98. The number of hydrogen-bond acceptors (Lipinski definition) is 4. The maximum Gasteiger partial charge on any atom is 0.207 e. The fraction of sp³-hybridized carbons (Fsp3) is 0.533. The Morgan fingerprint density at radius 2 is 2.15 bits per heavy atom. The maximum absolute atomic E-state index is 8.97. The van der Waals surface area contributed by atoms with Gasteiger partial charge in [-0.3, -0.25) is 0 Å². The van der Waals surface area contributed by atoms with E-state index in [1.807, 2.05) is 19.9 Å². The van der Waals surface area contributed by atoms with Gasteiger partial charge in [-0.05, 0) is 37.5 Å². The van der Waals surface area contributed by atoms with Crippen LogP contribution in [0.3, 0.4) is 0 Å². The number of rotatable bonds is 4. The highest BCUT2D eigenvalue weighted by Gasteiger charge is 2.27. The Kier molecular flexibility index (Phi) is 5.03. The second kappa shape index (κ2) is 6.57. The van der Waals surface area contributed by atoms with Gasteiger partial charge in [0.2, 0.25) is 5.79 Å². The van der Waals surface area contributed by atoms with Crippen LogP contribution in [-0.4, -0.2) is 18.7 Å². The van der Waals surface area contributed by atoms with Crippen molar-refractivity contribution in [3.8, 4) is 11.8 Å². The number of ether oxygens (including phenoxy) is 3. The molecule has 0 saturated carbocycles. The van der Waals surface area contributed by atoms with E-state index in [0.717, 1.165) is 30.3 Å². The SMILES string of the molecule is CC(C)(Oc1cc(Br)cc(C#N)c1)OC1CCCCO1. The predicted molar refractivity (Wildman–Crippen MR) is 78.2 cm³/mol. The zero-order chi connectivity index (χ0) is 14.6. The van der Waals surface area contributed by atoms with Crippen molar-refractivity contribution in [2.45, 2.75) is 45.2 Å². The monoisotopic (exact) mass is 339 g/mol. The molecule has 1 aliphatic rings. The Morgan fingerprint density at radius 1 is 1.35 bits per heavy atom. The highest BCUT2D eigenvalue weighted by atomic mass is 79.9. The average molecular weight is 340 g/mol. The Morgan fingerprint density at radius 3 is 2.80 bits per heavy atom. The van der Waals surface area contributed by atoms with Gasteiger partial charge in [-0.25, -0.2) is 0 Å². The van der Waals surface area contributed by atoms with E-state index in [1.165, 1.54) is 0 Å². The molecule has 1 aromatic rings. The number of nitriles is 1. The molecule has 1 heterocycles. The average Bonchev–Trinajstić information content (AvgIpc) is 2.37. The van der Waals surface area contributed by atoms with Crippen LogP contribution in [0.2, 0.25) is 0 Å². The standard InChI is InChI=1S/C15H18BrNO3/c1-15(2,20-14-5-3-4-6-18-14)19-13-8-11(10-17)7-12(16)9-13/h7-9,14H,3-6H2,1-2H3. The van der Waals surface area contributed by atoms with Crippen molar-refractivity contribution in [2.24, 2.45) is 0 Å². The third-order valence-corrected chi connectivity index (χ3v) is 3.38. The first-order valence-corrected chi connectivity index (χ1v) is 7.47. The molecule has 0 amide bonds. The lowest BCUT2D eigenvalue weighted by molar-refractivity contribution is -0.272. The van der Waals surface area contributed by atoms with Crippen molar-refractivity contribution in [3.05, 3.63) is 28.2 Å². The second-order valence-corrected chi connectivity index (χ2v) is 6.12. The Balaban J connectivity index is 2.03. The Bertz CT molecular complexity index is 504. The van der Waals surface area contributed by atoms with E-state index in [1.54, 1.807) is 12.1 Å². The summed E-state index contributed by atoms with van der Waals surface area (Å²) in [4.78, 5) is 0. The third kappa shape index (κ3) is 4.48. The van der Waals surface area contributed by atoms with Crippen LogP contribution in [0.5, 0.6) is 5.75 Å². The first-order chi connectivity index (χ1) is 9.48. The van der Waals surface area contributed by atoms with Crippen LogP contribution in [0.4, 0.5) is 0 Å². The number of halogens is 1. The van der Waals surface area contributed by atoms with Gasteiger partial charge < -0.3 is 14.2 Å². The lowest BCUT2D eigenvalue weighted by Crippen LogP contribution is -2.38. The van der Waals surface area contributed by atoms with E-state index >= 15 is 0 Å². The van der Waals surface area contributed by atoms with Gasteiger partial charge in [0.15, 0.2) is 6.29 Å². The summed E-state index contributed by atoms with van der Waals surface area (Å²) in [5.74, 6) is -0.216. The molecule has 1 atom stereocenters. The number of nitrogens with zero attached hydrogens (tertiary/aromatic N) is 1. The summed E-state index contributed by atoms with van der Waals surface area (Å²) >= 11 is 3.36.